The summed E-state index contributed by atoms with van der Waals surface area (Å²) in [4.78, 5) is 18.5. The number of nitrogens with zero attached hydrogens (tertiary/aromatic N) is 2. The van der Waals surface area contributed by atoms with Crippen molar-refractivity contribution < 1.29 is 23.7 Å². The van der Waals surface area contributed by atoms with E-state index in [1.54, 1.807) is 7.05 Å². The predicted octanol–water partition coefficient (Wildman–Crippen LogP) is 6.23. The lowest BCUT2D eigenvalue weighted by Gasteiger charge is -2.24. The smallest absolute Gasteiger partial charge is 0.414 e. The number of aromatic nitrogens is 1. The minimum absolute atomic E-state index is 0.157. The molecule has 0 spiro atoms. The molecular weight excluding hydrogens is 504 g/mol. The maximum absolute atomic E-state index is 12.4. The molecule has 40 heavy (non-hydrogen) atoms. The van der Waals surface area contributed by atoms with Crippen LogP contribution in [0.2, 0.25) is 0 Å². The van der Waals surface area contributed by atoms with Crippen LogP contribution in [0.25, 0.3) is 23.9 Å². The Morgan fingerprint density at radius 2 is 1.60 bits per heavy atom. The minimum atomic E-state index is -0.550. The van der Waals surface area contributed by atoms with Crippen LogP contribution in [0.1, 0.15) is 67.2 Å². The summed E-state index contributed by atoms with van der Waals surface area (Å²) in [5, 5.41) is 1.57. The third kappa shape index (κ3) is 11.9. The molecule has 7 heteroatoms. The zero-order valence-corrected chi connectivity index (χ0v) is 25.5. The fourth-order valence-electron chi connectivity index (χ4n) is 3.66. The number of unbranched alkanes of at least 4 members (excludes halogenated alkanes) is 2. The van der Waals surface area contributed by atoms with Crippen molar-refractivity contribution >= 4 is 24.4 Å². The van der Waals surface area contributed by atoms with Gasteiger partial charge in [0.15, 0.2) is 0 Å². The van der Waals surface area contributed by atoms with Crippen LogP contribution in [0.5, 0.6) is 0 Å². The van der Waals surface area contributed by atoms with E-state index in [-0.39, 0.29) is 6.10 Å². The lowest BCUT2D eigenvalue weighted by Crippen LogP contribution is -2.34. The van der Waals surface area contributed by atoms with E-state index in [1.807, 2.05) is 76.2 Å². The normalized spacial score (nSPS) is 12.6. The van der Waals surface area contributed by atoms with E-state index in [0.29, 0.717) is 18.6 Å². The van der Waals surface area contributed by atoms with Gasteiger partial charge in [0.2, 0.25) is 0 Å². The molecule has 0 fully saturated rings. The average Bonchev–Trinajstić information content (AvgIpc) is 2.91. The van der Waals surface area contributed by atoms with Gasteiger partial charge in [-0.3, -0.25) is 4.90 Å². The van der Waals surface area contributed by atoms with Crippen molar-refractivity contribution in [2.24, 2.45) is 0 Å². The lowest BCUT2D eigenvalue weighted by molar-refractivity contribution is -0.0353. The van der Waals surface area contributed by atoms with Crippen molar-refractivity contribution in [3.63, 3.8) is 0 Å². The quantitative estimate of drug-likeness (QED) is 0.193. The van der Waals surface area contributed by atoms with E-state index in [2.05, 4.69) is 20.4 Å². The molecule has 0 atom stereocenters. The molecule has 1 aromatic carbocycles. The maximum atomic E-state index is 12.4. The van der Waals surface area contributed by atoms with E-state index in [9.17, 15) is 4.79 Å². The molecule has 0 aliphatic carbocycles. The number of amides is 1. The molecule has 0 unspecified atom stereocenters. The van der Waals surface area contributed by atoms with Gasteiger partial charge in [0.1, 0.15) is 11.7 Å². The first-order valence-corrected chi connectivity index (χ1v) is 14.3. The first kappa shape index (κ1) is 33.0. The molecule has 1 aromatic heterocycles. The summed E-state index contributed by atoms with van der Waals surface area (Å²) in [6.07, 6.45) is 7.61. The summed E-state index contributed by atoms with van der Waals surface area (Å²) in [6.45, 7) is 18.4. The highest BCUT2D eigenvalue weighted by molar-refractivity contribution is 5.87. The van der Waals surface area contributed by atoms with Crippen LogP contribution in [0.3, 0.4) is 0 Å². The Morgan fingerprint density at radius 1 is 1.00 bits per heavy atom. The molecule has 7 nitrogen and oxygen atoms in total. The molecule has 220 valence electrons. The van der Waals surface area contributed by atoms with Crippen molar-refractivity contribution in [1.29, 1.82) is 0 Å². The van der Waals surface area contributed by atoms with E-state index < -0.39 is 11.7 Å². The van der Waals surface area contributed by atoms with Crippen LogP contribution in [-0.4, -0.2) is 56.3 Å². The van der Waals surface area contributed by atoms with Gasteiger partial charge in [0, 0.05) is 31.5 Å². The van der Waals surface area contributed by atoms with Crippen molar-refractivity contribution in [1.82, 2.24) is 4.98 Å². The Balaban J connectivity index is 2.08. The maximum Gasteiger partial charge on any atom is 0.414 e. The Hall–Kier alpha value is -3.16. The van der Waals surface area contributed by atoms with Crippen molar-refractivity contribution in [2.45, 2.75) is 78.9 Å². The summed E-state index contributed by atoms with van der Waals surface area (Å²) in [7, 11) is 1.69. The molecule has 0 saturated heterocycles. The largest absolute Gasteiger partial charge is 0.490 e. The van der Waals surface area contributed by atoms with Crippen LogP contribution < -0.4 is 15.5 Å². The summed E-state index contributed by atoms with van der Waals surface area (Å²) >= 11 is 0. The molecule has 0 radical (unpaired) electrons. The van der Waals surface area contributed by atoms with Gasteiger partial charge in [0.05, 0.1) is 30.0 Å². The Kier molecular flexibility index (Phi) is 13.9. The van der Waals surface area contributed by atoms with Gasteiger partial charge < -0.3 is 18.9 Å². The molecule has 1 heterocycles. The second-order valence-electron chi connectivity index (χ2n) is 10.9. The number of hydrogen-bond donors (Lipinski definition) is 0. The number of ether oxygens (including phenoxy) is 4. The predicted molar refractivity (Wildman–Crippen MR) is 164 cm³/mol. The fourth-order valence-corrected chi connectivity index (χ4v) is 3.66. The number of benzene rings is 1. The molecule has 2 aromatic rings. The van der Waals surface area contributed by atoms with Crippen molar-refractivity contribution in [2.75, 3.05) is 38.4 Å². The topological polar surface area (TPSA) is 70.1 Å². The molecule has 0 aliphatic heterocycles. The molecule has 0 N–H and O–H groups in total. The van der Waals surface area contributed by atoms with Crippen molar-refractivity contribution in [3.8, 4) is 11.3 Å². The SMILES string of the molecule is C=c1nc(-c2ccc(N(C)C(=O)OC(C)(C)C)cc2)cc/c1=C/C=C(\C)OC(COCCCC)COCCCC. The van der Waals surface area contributed by atoms with E-state index in [0.717, 1.165) is 66.8 Å². The minimum Gasteiger partial charge on any atom is -0.490 e. The van der Waals surface area contributed by atoms with Gasteiger partial charge in [-0.2, -0.15) is 0 Å². The van der Waals surface area contributed by atoms with Crippen LogP contribution in [0.4, 0.5) is 10.5 Å². The van der Waals surface area contributed by atoms with Crippen LogP contribution in [0.15, 0.2) is 48.2 Å². The van der Waals surface area contributed by atoms with Gasteiger partial charge in [-0.25, -0.2) is 9.78 Å². The van der Waals surface area contributed by atoms with Crippen LogP contribution >= 0.6 is 0 Å². The summed E-state index contributed by atoms with van der Waals surface area (Å²) < 4.78 is 23.2. The standard InChI is InChI=1S/C33H48N2O5/c1-9-11-21-37-23-30(24-38-22-12-10-2)39-25(3)13-14-27-17-20-31(34-26(27)4)28-15-18-29(19-16-28)35(8)32(36)40-33(5,6)7/h13-20,30H,4,9-12,21-24H2,1-3,5-8H3/b25-13+,27-14-. The van der Waals surface area contributed by atoms with Crippen molar-refractivity contribution in [3.05, 3.63) is 58.8 Å². The summed E-state index contributed by atoms with van der Waals surface area (Å²) in [5.74, 6) is 0.774. The highest BCUT2D eigenvalue weighted by atomic mass is 16.6. The summed E-state index contributed by atoms with van der Waals surface area (Å²) in [5.41, 5.74) is 1.93. The van der Waals surface area contributed by atoms with Crippen LogP contribution in [0, 0.1) is 0 Å². The molecule has 0 saturated carbocycles. The van der Waals surface area contributed by atoms with Gasteiger partial charge in [-0.1, -0.05) is 51.5 Å². The average molecular weight is 553 g/mol. The van der Waals surface area contributed by atoms with Gasteiger partial charge in [-0.15, -0.1) is 0 Å². The summed E-state index contributed by atoms with van der Waals surface area (Å²) in [6, 6.07) is 11.6. The molecule has 0 aliphatic rings. The molecule has 1 amide bonds. The number of carbonyl (C=O) groups is 1. The number of rotatable bonds is 15. The first-order valence-electron chi connectivity index (χ1n) is 14.3. The number of carbonyl (C=O) groups excluding carboxylic acids is 1. The number of allylic oxidation sites excluding steroid dienone is 2. The molecule has 0 bridgehead atoms. The number of anilines is 1. The zero-order valence-electron chi connectivity index (χ0n) is 25.5. The Morgan fingerprint density at radius 3 is 2.12 bits per heavy atom. The third-order valence-corrected chi connectivity index (χ3v) is 5.97. The second kappa shape index (κ2) is 16.8. The van der Waals surface area contributed by atoms with E-state index in [1.165, 1.54) is 4.90 Å². The first-order chi connectivity index (χ1) is 19.0. The fraction of sp³-hybridized carbons (Fsp3) is 0.515. The van der Waals surface area contributed by atoms with E-state index in [4.69, 9.17) is 23.9 Å². The third-order valence-electron chi connectivity index (χ3n) is 5.97. The van der Waals surface area contributed by atoms with Gasteiger partial charge >= 0.3 is 6.09 Å². The second-order valence-corrected chi connectivity index (χ2v) is 10.9. The molecular formula is C33H48N2O5. The Bertz CT molecular complexity index is 1170. The highest BCUT2D eigenvalue weighted by Crippen LogP contribution is 2.21. The van der Waals surface area contributed by atoms with Gasteiger partial charge in [0.25, 0.3) is 0 Å². The van der Waals surface area contributed by atoms with Gasteiger partial charge in [-0.05, 0) is 76.1 Å². The monoisotopic (exact) mass is 552 g/mol. The lowest BCUT2D eigenvalue weighted by atomic mass is 10.1. The zero-order chi connectivity index (χ0) is 29.5. The Labute approximate surface area is 240 Å². The van der Waals surface area contributed by atoms with E-state index >= 15 is 0 Å². The molecule has 2 rings (SSSR count). The number of hydrogen-bond acceptors (Lipinski definition) is 6. The number of pyridine rings is 1. The highest BCUT2D eigenvalue weighted by Gasteiger charge is 2.20. The van der Waals surface area contributed by atoms with Crippen LogP contribution in [-0.2, 0) is 18.9 Å².